The van der Waals surface area contributed by atoms with Gasteiger partial charge in [-0.1, -0.05) is 54.9 Å². The largest absolute Gasteiger partial charge is 0.353 e. The van der Waals surface area contributed by atoms with Gasteiger partial charge in [0, 0.05) is 6.04 Å². The summed E-state index contributed by atoms with van der Waals surface area (Å²) in [7, 11) is 0. The zero-order valence-electron chi connectivity index (χ0n) is 13.8. The van der Waals surface area contributed by atoms with Crippen LogP contribution >= 0.6 is 11.8 Å². The van der Waals surface area contributed by atoms with Crippen molar-refractivity contribution in [1.29, 1.82) is 0 Å². The average Bonchev–Trinajstić information content (AvgIpc) is 3.24. The van der Waals surface area contributed by atoms with Crippen molar-refractivity contribution >= 4 is 29.8 Å². The fourth-order valence-corrected chi connectivity index (χ4v) is 3.43. The Morgan fingerprint density at radius 1 is 1.33 bits per heavy atom. The molecule has 1 aliphatic carbocycles. The lowest BCUT2D eigenvalue weighted by molar-refractivity contribution is -0.119. The Bertz CT molecular complexity index is 719. The molecule has 6 heteroatoms. The number of nitrogens with one attached hydrogen (secondary N) is 2. The van der Waals surface area contributed by atoms with Gasteiger partial charge in [-0.15, -0.1) is 5.10 Å². The van der Waals surface area contributed by atoms with Crippen LogP contribution in [0.25, 0.3) is 12.2 Å². The topological polar surface area (TPSA) is 70.7 Å². The highest BCUT2D eigenvalue weighted by atomic mass is 32.2. The molecule has 1 aliphatic rings. The van der Waals surface area contributed by atoms with E-state index >= 15 is 0 Å². The molecule has 1 saturated carbocycles. The summed E-state index contributed by atoms with van der Waals surface area (Å²) < 4.78 is 0. The van der Waals surface area contributed by atoms with Crippen LogP contribution in [0.5, 0.6) is 0 Å². The van der Waals surface area contributed by atoms with Gasteiger partial charge < -0.3 is 5.32 Å². The third-order valence-corrected chi connectivity index (χ3v) is 4.99. The quantitative estimate of drug-likeness (QED) is 0.789. The second-order valence-corrected chi connectivity index (χ2v) is 6.97. The Hall–Kier alpha value is -2.08. The van der Waals surface area contributed by atoms with E-state index in [4.69, 9.17) is 0 Å². The highest BCUT2D eigenvalue weighted by molar-refractivity contribution is 7.99. The number of benzene rings is 1. The number of hydrogen-bond donors (Lipinski definition) is 2. The van der Waals surface area contributed by atoms with Crippen LogP contribution in [-0.2, 0) is 4.79 Å². The normalized spacial score (nSPS) is 15.2. The van der Waals surface area contributed by atoms with E-state index in [1.807, 2.05) is 24.3 Å². The molecule has 0 saturated heterocycles. The molecular weight excluding hydrogens is 320 g/mol. The van der Waals surface area contributed by atoms with E-state index < -0.39 is 0 Å². The molecule has 1 heterocycles. The van der Waals surface area contributed by atoms with Gasteiger partial charge in [0.05, 0.1) is 5.75 Å². The molecule has 1 aromatic heterocycles. The summed E-state index contributed by atoms with van der Waals surface area (Å²) >= 11 is 1.36. The van der Waals surface area contributed by atoms with E-state index in [0.717, 1.165) is 18.4 Å². The van der Waals surface area contributed by atoms with Crippen LogP contribution in [0.3, 0.4) is 0 Å². The third-order valence-electron chi connectivity index (χ3n) is 4.14. The highest BCUT2D eigenvalue weighted by Crippen LogP contribution is 2.18. The molecule has 1 fully saturated rings. The number of amides is 1. The van der Waals surface area contributed by atoms with Gasteiger partial charge >= 0.3 is 0 Å². The van der Waals surface area contributed by atoms with E-state index in [1.54, 1.807) is 0 Å². The lowest BCUT2D eigenvalue weighted by Crippen LogP contribution is -2.33. The summed E-state index contributed by atoms with van der Waals surface area (Å²) in [6, 6.07) is 8.53. The maximum Gasteiger partial charge on any atom is 0.230 e. The van der Waals surface area contributed by atoms with E-state index in [9.17, 15) is 4.79 Å². The van der Waals surface area contributed by atoms with Crippen LogP contribution < -0.4 is 5.32 Å². The van der Waals surface area contributed by atoms with Crippen LogP contribution in [0.1, 0.15) is 42.6 Å². The molecule has 0 atom stereocenters. The number of thioether (sulfide) groups is 1. The Morgan fingerprint density at radius 3 is 2.92 bits per heavy atom. The summed E-state index contributed by atoms with van der Waals surface area (Å²) in [6.07, 6.45) is 8.55. The first-order chi connectivity index (χ1) is 11.7. The minimum Gasteiger partial charge on any atom is -0.353 e. The van der Waals surface area contributed by atoms with Crippen molar-refractivity contribution in [1.82, 2.24) is 20.5 Å². The molecule has 0 bridgehead atoms. The molecule has 1 aromatic carbocycles. The van der Waals surface area contributed by atoms with Gasteiger partial charge in [-0.25, -0.2) is 4.98 Å². The number of rotatable bonds is 6. The number of aromatic amines is 1. The van der Waals surface area contributed by atoms with Crippen molar-refractivity contribution < 1.29 is 4.79 Å². The van der Waals surface area contributed by atoms with E-state index in [2.05, 4.69) is 39.6 Å². The standard InChI is InChI=1S/C18H22N4OS/c1-13-6-2-3-7-14(13)10-11-16-20-18(22-21-16)24-12-17(23)19-15-8-4-5-9-15/h2-3,6-7,10-11,15H,4-5,8-9,12H2,1H3,(H,19,23)(H,20,21,22). The van der Waals surface area contributed by atoms with Crippen molar-refractivity contribution in [3.8, 4) is 0 Å². The number of H-pyrrole nitrogens is 1. The first-order valence-electron chi connectivity index (χ1n) is 8.29. The second kappa shape index (κ2) is 8.15. The van der Waals surface area contributed by atoms with Crippen LogP contribution in [0, 0.1) is 6.92 Å². The van der Waals surface area contributed by atoms with Crippen LogP contribution in [0.2, 0.25) is 0 Å². The highest BCUT2D eigenvalue weighted by Gasteiger charge is 2.17. The lowest BCUT2D eigenvalue weighted by Gasteiger charge is -2.10. The van der Waals surface area contributed by atoms with Crippen molar-refractivity contribution in [2.24, 2.45) is 0 Å². The lowest BCUT2D eigenvalue weighted by atomic mass is 10.1. The van der Waals surface area contributed by atoms with Gasteiger partial charge in [0.2, 0.25) is 11.1 Å². The Morgan fingerprint density at radius 2 is 2.12 bits per heavy atom. The van der Waals surface area contributed by atoms with Crippen molar-refractivity contribution in [2.75, 3.05) is 5.75 Å². The van der Waals surface area contributed by atoms with Crippen LogP contribution in [-0.4, -0.2) is 32.9 Å². The van der Waals surface area contributed by atoms with Gasteiger partial charge in [0.15, 0.2) is 0 Å². The second-order valence-electron chi connectivity index (χ2n) is 6.03. The number of hydrogen-bond acceptors (Lipinski definition) is 4. The first-order valence-corrected chi connectivity index (χ1v) is 9.27. The molecule has 1 amide bonds. The van der Waals surface area contributed by atoms with Crippen molar-refractivity contribution in [3.63, 3.8) is 0 Å². The van der Waals surface area contributed by atoms with Crippen LogP contribution in [0.15, 0.2) is 29.4 Å². The summed E-state index contributed by atoms with van der Waals surface area (Å²) in [6.45, 7) is 2.07. The fraction of sp³-hybridized carbons (Fsp3) is 0.389. The zero-order chi connectivity index (χ0) is 16.8. The summed E-state index contributed by atoms with van der Waals surface area (Å²) in [5, 5.41) is 10.7. The molecule has 5 nitrogen and oxygen atoms in total. The number of aryl methyl sites for hydroxylation is 1. The van der Waals surface area contributed by atoms with Gasteiger partial charge in [0.1, 0.15) is 5.82 Å². The maximum atomic E-state index is 11.9. The van der Waals surface area contributed by atoms with Gasteiger partial charge in [0.25, 0.3) is 0 Å². The first kappa shape index (κ1) is 16.8. The molecule has 0 spiro atoms. The van der Waals surface area contributed by atoms with Gasteiger partial charge in [-0.2, -0.15) is 0 Å². The molecule has 2 aromatic rings. The minimum absolute atomic E-state index is 0.0636. The van der Waals surface area contributed by atoms with Gasteiger partial charge in [-0.05, 0) is 37.0 Å². The molecule has 0 radical (unpaired) electrons. The fourth-order valence-electron chi connectivity index (χ4n) is 2.81. The molecule has 126 valence electrons. The van der Waals surface area contributed by atoms with E-state index in [0.29, 0.717) is 22.8 Å². The predicted molar refractivity (Wildman–Crippen MR) is 97.6 cm³/mol. The van der Waals surface area contributed by atoms with Crippen molar-refractivity contribution in [3.05, 3.63) is 41.2 Å². The monoisotopic (exact) mass is 342 g/mol. The molecule has 2 N–H and O–H groups in total. The summed E-state index contributed by atoms with van der Waals surface area (Å²) in [5.41, 5.74) is 2.37. The molecule has 24 heavy (non-hydrogen) atoms. The van der Waals surface area contributed by atoms with E-state index in [1.165, 1.54) is 30.2 Å². The smallest absolute Gasteiger partial charge is 0.230 e. The Balaban J connectivity index is 1.50. The zero-order valence-corrected chi connectivity index (χ0v) is 14.6. The van der Waals surface area contributed by atoms with E-state index in [-0.39, 0.29) is 5.91 Å². The Labute approximate surface area is 146 Å². The average molecular weight is 342 g/mol. The number of aromatic nitrogens is 3. The molecule has 0 unspecified atom stereocenters. The summed E-state index contributed by atoms with van der Waals surface area (Å²) in [4.78, 5) is 16.3. The summed E-state index contributed by atoms with van der Waals surface area (Å²) in [5.74, 6) is 1.11. The number of carbonyl (C=O) groups is 1. The Kier molecular flexibility index (Phi) is 5.69. The minimum atomic E-state index is 0.0636. The number of nitrogens with zero attached hydrogens (tertiary/aromatic N) is 2. The molecule has 3 rings (SSSR count). The third kappa shape index (κ3) is 4.71. The molecule has 0 aliphatic heterocycles. The maximum absolute atomic E-state index is 11.9. The van der Waals surface area contributed by atoms with Crippen LogP contribution in [0.4, 0.5) is 0 Å². The van der Waals surface area contributed by atoms with Crippen molar-refractivity contribution in [2.45, 2.75) is 43.8 Å². The number of carbonyl (C=O) groups excluding carboxylic acids is 1. The SMILES string of the molecule is Cc1ccccc1C=Cc1nc(SCC(=O)NC2CCCC2)n[nH]1. The van der Waals surface area contributed by atoms with Gasteiger partial charge in [-0.3, -0.25) is 9.89 Å². The molecular formula is C18H22N4OS. The predicted octanol–water partition coefficient (Wildman–Crippen LogP) is 3.43.